The van der Waals surface area contributed by atoms with Crippen LogP contribution in [0.2, 0.25) is 5.02 Å². The molecular formula is C19H16ClN5O. The van der Waals surface area contributed by atoms with Crippen molar-refractivity contribution in [2.24, 2.45) is 0 Å². The van der Waals surface area contributed by atoms with Gasteiger partial charge in [0.2, 0.25) is 11.8 Å². The molecule has 0 saturated carbocycles. The van der Waals surface area contributed by atoms with Crippen LogP contribution in [0.15, 0.2) is 59.4 Å². The van der Waals surface area contributed by atoms with Gasteiger partial charge in [0, 0.05) is 18.6 Å². The van der Waals surface area contributed by atoms with E-state index >= 15 is 0 Å². The molecule has 0 bridgehead atoms. The fourth-order valence-corrected chi connectivity index (χ4v) is 2.91. The maximum Gasteiger partial charge on any atom is 0.249 e. The van der Waals surface area contributed by atoms with Crippen LogP contribution in [-0.4, -0.2) is 24.7 Å². The predicted molar refractivity (Wildman–Crippen MR) is 98.7 cm³/mol. The van der Waals surface area contributed by atoms with Gasteiger partial charge in [-0.2, -0.15) is 0 Å². The largest absolute Gasteiger partial charge is 0.419 e. The molecule has 3 heterocycles. The summed E-state index contributed by atoms with van der Waals surface area (Å²) in [5.41, 5.74) is 2.75. The zero-order valence-electron chi connectivity index (χ0n) is 14.1. The Bertz CT molecular complexity index is 1040. The van der Waals surface area contributed by atoms with E-state index in [1.165, 1.54) is 5.56 Å². The minimum atomic E-state index is 0.401. The number of imidazole rings is 1. The van der Waals surface area contributed by atoms with Crippen molar-refractivity contribution in [3.63, 3.8) is 0 Å². The summed E-state index contributed by atoms with van der Waals surface area (Å²) in [5.74, 6) is 1.64. The second-order valence-corrected chi connectivity index (χ2v) is 6.17. The molecule has 0 N–H and O–H groups in total. The minimum Gasteiger partial charge on any atom is -0.419 e. The first kappa shape index (κ1) is 16.5. The summed E-state index contributed by atoms with van der Waals surface area (Å²) < 4.78 is 7.72. The number of aryl methyl sites for hydroxylation is 1. The normalized spacial score (nSPS) is 11.0. The maximum atomic E-state index is 6.19. The molecule has 1 aromatic carbocycles. The average Bonchev–Trinajstić information content (AvgIpc) is 3.32. The molecule has 26 heavy (non-hydrogen) atoms. The fraction of sp³-hybridized carbons (Fsp3) is 0.158. The van der Waals surface area contributed by atoms with Gasteiger partial charge < -0.3 is 8.98 Å². The molecule has 130 valence electrons. The van der Waals surface area contributed by atoms with E-state index in [-0.39, 0.29) is 0 Å². The first-order valence-corrected chi connectivity index (χ1v) is 8.66. The van der Waals surface area contributed by atoms with Crippen molar-refractivity contribution in [1.82, 2.24) is 24.7 Å². The Morgan fingerprint density at radius 1 is 1.08 bits per heavy atom. The van der Waals surface area contributed by atoms with E-state index in [1.54, 1.807) is 18.5 Å². The average molecular weight is 366 g/mol. The molecule has 6 nitrogen and oxygen atoms in total. The molecule has 7 heteroatoms. The number of halogens is 1. The molecule has 0 atom stereocenters. The zero-order valence-corrected chi connectivity index (χ0v) is 14.9. The van der Waals surface area contributed by atoms with Gasteiger partial charge in [-0.3, -0.25) is 4.98 Å². The van der Waals surface area contributed by atoms with Crippen LogP contribution >= 0.6 is 11.6 Å². The van der Waals surface area contributed by atoms with Gasteiger partial charge in [-0.05, 0) is 36.2 Å². The highest BCUT2D eigenvalue weighted by molar-refractivity contribution is 6.33. The van der Waals surface area contributed by atoms with Gasteiger partial charge in [0.1, 0.15) is 12.2 Å². The van der Waals surface area contributed by atoms with Crippen LogP contribution in [-0.2, 0) is 13.0 Å². The Labute approximate surface area is 155 Å². The molecular weight excluding hydrogens is 350 g/mol. The van der Waals surface area contributed by atoms with Crippen LogP contribution in [0.3, 0.4) is 0 Å². The minimum absolute atomic E-state index is 0.401. The summed E-state index contributed by atoms with van der Waals surface area (Å²) >= 11 is 6.19. The highest BCUT2D eigenvalue weighted by Crippen LogP contribution is 2.26. The molecule has 0 aliphatic heterocycles. The van der Waals surface area contributed by atoms with Crippen LogP contribution in [0.4, 0.5) is 0 Å². The molecule has 0 spiro atoms. The van der Waals surface area contributed by atoms with Crippen molar-refractivity contribution in [3.8, 4) is 23.0 Å². The molecule has 0 aliphatic carbocycles. The molecule has 0 saturated heterocycles. The smallest absolute Gasteiger partial charge is 0.249 e. The summed E-state index contributed by atoms with van der Waals surface area (Å²) in [6.45, 7) is 2.52. The van der Waals surface area contributed by atoms with Gasteiger partial charge >= 0.3 is 0 Å². The highest BCUT2D eigenvalue weighted by Gasteiger charge is 2.14. The van der Waals surface area contributed by atoms with Crippen LogP contribution in [0.5, 0.6) is 0 Å². The lowest BCUT2D eigenvalue weighted by molar-refractivity contribution is 0.489. The Kier molecular flexibility index (Phi) is 4.50. The lowest BCUT2D eigenvalue weighted by Crippen LogP contribution is -2.02. The van der Waals surface area contributed by atoms with E-state index in [2.05, 4.69) is 27.1 Å². The number of hydrogen-bond acceptors (Lipinski definition) is 5. The number of hydrogen-bond donors (Lipinski definition) is 0. The monoisotopic (exact) mass is 365 g/mol. The van der Waals surface area contributed by atoms with Gasteiger partial charge in [-0.15, -0.1) is 10.2 Å². The Morgan fingerprint density at radius 2 is 1.96 bits per heavy atom. The summed E-state index contributed by atoms with van der Waals surface area (Å²) in [6.07, 6.45) is 6.35. The van der Waals surface area contributed by atoms with Gasteiger partial charge in [0.25, 0.3) is 0 Å². The summed E-state index contributed by atoms with van der Waals surface area (Å²) in [7, 11) is 0. The number of nitrogens with zero attached hydrogens (tertiary/aromatic N) is 5. The fourth-order valence-electron chi connectivity index (χ4n) is 2.69. The summed E-state index contributed by atoms with van der Waals surface area (Å²) in [5, 5.41) is 8.82. The molecule has 4 rings (SSSR count). The number of aromatic nitrogens is 5. The van der Waals surface area contributed by atoms with E-state index in [4.69, 9.17) is 16.0 Å². The SMILES string of the molecule is CCc1ccnc(-c2nccn2Cc2nnc(-c3ccccc3Cl)o2)c1. The third-order valence-electron chi connectivity index (χ3n) is 4.05. The highest BCUT2D eigenvalue weighted by atomic mass is 35.5. The third-order valence-corrected chi connectivity index (χ3v) is 4.38. The lowest BCUT2D eigenvalue weighted by atomic mass is 10.2. The van der Waals surface area contributed by atoms with Crippen LogP contribution in [0, 0.1) is 0 Å². The third kappa shape index (κ3) is 3.23. The molecule has 0 amide bonds. The second-order valence-electron chi connectivity index (χ2n) is 5.76. The van der Waals surface area contributed by atoms with Gasteiger partial charge in [-0.25, -0.2) is 4.98 Å². The van der Waals surface area contributed by atoms with Gasteiger partial charge in [0.05, 0.1) is 10.6 Å². The zero-order chi connectivity index (χ0) is 17.9. The van der Waals surface area contributed by atoms with E-state index in [9.17, 15) is 0 Å². The Hall–Kier alpha value is -2.99. The molecule has 3 aromatic heterocycles. The van der Waals surface area contributed by atoms with Crippen LogP contribution < -0.4 is 0 Å². The first-order valence-electron chi connectivity index (χ1n) is 8.28. The van der Waals surface area contributed by atoms with Crippen molar-refractivity contribution >= 4 is 11.6 Å². The van der Waals surface area contributed by atoms with Crippen LogP contribution in [0.1, 0.15) is 18.4 Å². The topological polar surface area (TPSA) is 69.6 Å². The number of pyridine rings is 1. The number of benzene rings is 1. The summed E-state index contributed by atoms with van der Waals surface area (Å²) in [6, 6.07) is 11.4. The van der Waals surface area contributed by atoms with Crippen LogP contribution in [0.25, 0.3) is 23.0 Å². The van der Waals surface area contributed by atoms with Crippen molar-refractivity contribution in [3.05, 3.63) is 71.5 Å². The Morgan fingerprint density at radius 3 is 2.81 bits per heavy atom. The van der Waals surface area contributed by atoms with E-state index < -0.39 is 0 Å². The second kappa shape index (κ2) is 7.09. The predicted octanol–water partition coefficient (Wildman–Crippen LogP) is 4.26. The van der Waals surface area contributed by atoms with Crippen molar-refractivity contribution in [2.45, 2.75) is 19.9 Å². The standard InChI is InChI=1S/C19H16ClN5O/c1-2-13-7-8-21-16(11-13)18-22-9-10-25(18)12-17-23-24-19(26-17)14-5-3-4-6-15(14)20/h3-11H,2,12H2,1H3. The van der Waals surface area contributed by atoms with Crippen molar-refractivity contribution in [1.29, 1.82) is 0 Å². The molecule has 4 aromatic rings. The number of rotatable bonds is 5. The Balaban J connectivity index is 1.62. The maximum absolute atomic E-state index is 6.19. The quantitative estimate of drug-likeness (QED) is 0.528. The van der Waals surface area contributed by atoms with Gasteiger partial charge in [-0.1, -0.05) is 30.7 Å². The van der Waals surface area contributed by atoms with E-state index in [1.807, 2.05) is 41.1 Å². The molecule has 0 aliphatic rings. The molecule has 0 unspecified atom stereocenters. The van der Waals surface area contributed by atoms with Crippen molar-refractivity contribution in [2.75, 3.05) is 0 Å². The molecule has 0 radical (unpaired) electrons. The first-order chi connectivity index (χ1) is 12.7. The van der Waals surface area contributed by atoms with E-state index in [0.717, 1.165) is 23.5 Å². The van der Waals surface area contributed by atoms with Gasteiger partial charge in [0.15, 0.2) is 5.82 Å². The van der Waals surface area contributed by atoms with E-state index in [0.29, 0.717) is 23.3 Å². The van der Waals surface area contributed by atoms with Crippen molar-refractivity contribution < 1.29 is 4.42 Å². The molecule has 0 fully saturated rings. The lowest BCUT2D eigenvalue weighted by Gasteiger charge is -2.06. The summed E-state index contributed by atoms with van der Waals surface area (Å²) in [4.78, 5) is 8.86.